The number of hydrogen-bond donors (Lipinski definition) is 3. The lowest BCUT2D eigenvalue weighted by Crippen LogP contribution is -2.38. The van der Waals surface area contributed by atoms with Gasteiger partial charge in [0.15, 0.2) is 0 Å². The topological polar surface area (TPSA) is 123 Å². The van der Waals surface area contributed by atoms with E-state index >= 15 is 0 Å². The van der Waals surface area contributed by atoms with E-state index in [1.165, 1.54) is 18.3 Å². The molecule has 2 atom stereocenters. The molecule has 232 valence electrons. The van der Waals surface area contributed by atoms with Gasteiger partial charge >= 0.3 is 6.18 Å². The van der Waals surface area contributed by atoms with Crippen LogP contribution >= 0.6 is 0 Å². The van der Waals surface area contributed by atoms with E-state index < -0.39 is 53.2 Å². The minimum atomic E-state index is -4.77. The van der Waals surface area contributed by atoms with E-state index in [-0.39, 0.29) is 41.3 Å². The van der Waals surface area contributed by atoms with Crippen LogP contribution < -0.4 is 16.8 Å². The molecule has 3 aromatic rings. The van der Waals surface area contributed by atoms with E-state index in [0.717, 1.165) is 24.3 Å². The first-order valence-electron chi connectivity index (χ1n) is 13.7. The maximum atomic E-state index is 14.2. The maximum Gasteiger partial charge on any atom is 0.430 e. The molecule has 0 radical (unpaired) electrons. The van der Waals surface area contributed by atoms with Gasteiger partial charge in [-0.05, 0) is 73.2 Å². The summed E-state index contributed by atoms with van der Waals surface area (Å²) >= 11 is 0. The average molecular weight is 618 g/mol. The number of benzene rings is 2. The molecule has 44 heavy (non-hydrogen) atoms. The maximum absolute atomic E-state index is 14.2. The second-order valence-corrected chi connectivity index (χ2v) is 10.4. The van der Waals surface area contributed by atoms with Crippen molar-refractivity contribution in [2.24, 2.45) is 22.4 Å². The Balaban J connectivity index is 1.76. The Morgan fingerprint density at radius 1 is 1.07 bits per heavy atom. The number of nitrogens with two attached hydrogens (primary N) is 2. The van der Waals surface area contributed by atoms with Gasteiger partial charge in [-0.15, -0.1) is 0 Å². The van der Waals surface area contributed by atoms with Crippen molar-refractivity contribution >= 4 is 17.5 Å². The van der Waals surface area contributed by atoms with Crippen LogP contribution in [0.15, 0.2) is 71.5 Å². The smallest absolute Gasteiger partial charge is 0.395 e. The van der Waals surface area contributed by atoms with Crippen LogP contribution in [0.1, 0.15) is 53.8 Å². The summed E-state index contributed by atoms with van der Waals surface area (Å²) in [6.45, 7) is 1.63. The fourth-order valence-electron chi connectivity index (χ4n) is 4.67. The summed E-state index contributed by atoms with van der Waals surface area (Å²) in [4.78, 5) is 34.1. The van der Waals surface area contributed by atoms with E-state index in [9.17, 15) is 35.9 Å². The van der Waals surface area contributed by atoms with E-state index in [0.29, 0.717) is 30.0 Å². The van der Waals surface area contributed by atoms with Gasteiger partial charge in [-0.25, -0.2) is 13.2 Å². The summed E-state index contributed by atoms with van der Waals surface area (Å²) in [6.07, 6.45) is -1.49. The average Bonchev–Trinajstić information content (AvgIpc) is 3.79. The molecule has 0 bridgehead atoms. The molecule has 2 amide bonds. The number of amides is 2. The molecule has 7 nitrogen and oxygen atoms in total. The number of allylic oxidation sites excluding steroid dienone is 2. The van der Waals surface area contributed by atoms with Crippen molar-refractivity contribution in [3.8, 4) is 11.1 Å². The molecule has 1 fully saturated rings. The molecule has 5 N–H and O–H groups in total. The van der Waals surface area contributed by atoms with Gasteiger partial charge in [0, 0.05) is 29.5 Å². The molecule has 1 aromatic heterocycles. The van der Waals surface area contributed by atoms with Crippen LogP contribution in [0.3, 0.4) is 0 Å². The van der Waals surface area contributed by atoms with Crippen molar-refractivity contribution in [3.63, 3.8) is 0 Å². The number of aromatic nitrogens is 1. The molecule has 4 rings (SSSR count). The number of carbonyl (C=O) groups excluding carboxylic acids is 2. The van der Waals surface area contributed by atoms with E-state index in [1.54, 1.807) is 19.1 Å². The molecule has 13 heteroatoms. The minimum absolute atomic E-state index is 0.0504. The molecular weight excluding hydrogens is 588 g/mol. The van der Waals surface area contributed by atoms with Gasteiger partial charge < -0.3 is 16.8 Å². The Morgan fingerprint density at radius 2 is 1.75 bits per heavy atom. The zero-order chi connectivity index (χ0) is 32.2. The number of carbonyl (C=O) groups is 2. The van der Waals surface area contributed by atoms with Crippen molar-refractivity contribution in [1.29, 1.82) is 0 Å². The third-order valence-electron chi connectivity index (χ3n) is 7.01. The number of halogens is 6. The van der Waals surface area contributed by atoms with Gasteiger partial charge in [0.25, 0.3) is 5.91 Å². The Hall–Kier alpha value is -4.68. The zero-order valence-electron chi connectivity index (χ0n) is 23.5. The summed E-state index contributed by atoms with van der Waals surface area (Å²) < 4.78 is 81.8. The van der Waals surface area contributed by atoms with Crippen molar-refractivity contribution in [1.82, 2.24) is 10.3 Å². The molecule has 0 aliphatic heterocycles. The number of rotatable bonds is 11. The normalized spacial score (nSPS) is 15.5. The number of pyridine rings is 1. The lowest BCUT2D eigenvalue weighted by Gasteiger charge is -2.23. The molecule has 0 saturated heterocycles. The highest BCUT2D eigenvalue weighted by Gasteiger charge is 2.35. The minimum Gasteiger partial charge on any atom is -0.395 e. The van der Waals surface area contributed by atoms with Crippen LogP contribution in [0, 0.1) is 23.4 Å². The fourth-order valence-corrected chi connectivity index (χ4v) is 4.67. The first-order chi connectivity index (χ1) is 20.8. The SMILES string of the molecule is CCC(N=C(C=C(N)C(F)(F)F)C1CC1)C(=O)N[C@@H](Cc1cc(F)cc(F)c1)c1ncccc1-c1ccc(F)c(C(N)=O)c1. The Bertz CT molecular complexity index is 1600. The van der Waals surface area contributed by atoms with Crippen LogP contribution in [-0.4, -0.2) is 34.7 Å². The molecular formula is C31H29F6N5O2. The number of nitrogens with one attached hydrogen (secondary N) is 1. The van der Waals surface area contributed by atoms with Crippen molar-refractivity contribution in [3.05, 3.63) is 101 Å². The van der Waals surface area contributed by atoms with Gasteiger partial charge in [0.05, 0.1) is 17.3 Å². The number of nitrogens with zero attached hydrogens (tertiary/aromatic N) is 2. The van der Waals surface area contributed by atoms with E-state index in [4.69, 9.17) is 11.5 Å². The monoisotopic (exact) mass is 617 g/mol. The second kappa shape index (κ2) is 13.3. The van der Waals surface area contributed by atoms with Crippen molar-refractivity contribution in [2.75, 3.05) is 0 Å². The predicted octanol–water partition coefficient (Wildman–Crippen LogP) is 5.70. The summed E-state index contributed by atoms with van der Waals surface area (Å²) in [6, 6.07) is 7.47. The van der Waals surface area contributed by atoms with Crippen molar-refractivity contribution in [2.45, 2.75) is 50.9 Å². The first-order valence-corrected chi connectivity index (χ1v) is 13.7. The van der Waals surface area contributed by atoms with Gasteiger partial charge in [-0.1, -0.05) is 19.1 Å². The van der Waals surface area contributed by atoms with E-state index in [2.05, 4.69) is 15.3 Å². The number of aliphatic imine (C=N–C) groups is 1. The number of hydrogen-bond acceptors (Lipinski definition) is 5. The lowest BCUT2D eigenvalue weighted by atomic mass is 9.94. The van der Waals surface area contributed by atoms with Gasteiger partial charge in [0.1, 0.15) is 29.2 Å². The summed E-state index contributed by atoms with van der Waals surface area (Å²) in [5, 5.41) is 2.79. The summed E-state index contributed by atoms with van der Waals surface area (Å²) in [5.41, 5.74) is 9.91. The summed E-state index contributed by atoms with van der Waals surface area (Å²) in [7, 11) is 0. The van der Waals surface area contributed by atoms with Crippen LogP contribution in [0.25, 0.3) is 11.1 Å². The Morgan fingerprint density at radius 3 is 2.34 bits per heavy atom. The fraction of sp³-hybridized carbons (Fsp3) is 0.290. The van der Waals surface area contributed by atoms with Crippen LogP contribution in [-0.2, 0) is 11.2 Å². The van der Waals surface area contributed by atoms with Crippen molar-refractivity contribution < 1.29 is 35.9 Å². The molecule has 2 aromatic carbocycles. The molecule has 1 saturated carbocycles. The van der Waals surface area contributed by atoms with Crippen LogP contribution in [0.4, 0.5) is 26.3 Å². The number of alkyl halides is 3. The molecule has 1 heterocycles. The second-order valence-electron chi connectivity index (χ2n) is 10.4. The Kier molecular flexibility index (Phi) is 9.75. The van der Waals surface area contributed by atoms with Crippen LogP contribution in [0.5, 0.6) is 0 Å². The predicted molar refractivity (Wildman–Crippen MR) is 152 cm³/mol. The standard InChI is InChI=1S/C31H29F6N5O2/c1-2-24(41-25(17-5-6-17)15-27(38)31(35,36)37)30(44)42-26(12-16-10-19(32)14-20(33)11-16)28-21(4-3-9-40-28)18-7-8-23(34)22(13-18)29(39)43/h3-4,7-11,13-15,17,24,26H,2,5-6,12,38H2,1H3,(H2,39,43)(H,42,44)/t24?,26-/m0/s1. The third kappa shape index (κ3) is 8.03. The largest absolute Gasteiger partial charge is 0.430 e. The molecule has 1 aliphatic rings. The van der Waals surface area contributed by atoms with Gasteiger partial charge in [0.2, 0.25) is 5.91 Å². The van der Waals surface area contributed by atoms with Crippen LogP contribution in [0.2, 0.25) is 0 Å². The lowest BCUT2D eigenvalue weighted by molar-refractivity contribution is -0.123. The van der Waals surface area contributed by atoms with Gasteiger partial charge in [-0.3, -0.25) is 19.6 Å². The number of primary amides is 1. The highest BCUT2D eigenvalue weighted by Crippen LogP contribution is 2.34. The first kappa shape index (κ1) is 32.2. The zero-order valence-corrected chi connectivity index (χ0v) is 23.5. The quantitative estimate of drug-likeness (QED) is 0.189. The van der Waals surface area contributed by atoms with Gasteiger partial charge in [-0.2, -0.15) is 13.2 Å². The molecule has 1 unspecified atom stereocenters. The van der Waals surface area contributed by atoms with E-state index in [1.807, 2.05) is 0 Å². The molecule has 1 aliphatic carbocycles. The molecule has 0 spiro atoms. The Labute approximate surface area is 249 Å². The summed E-state index contributed by atoms with van der Waals surface area (Å²) in [5.74, 6) is -4.51. The third-order valence-corrected chi connectivity index (χ3v) is 7.01. The highest BCUT2D eigenvalue weighted by atomic mass is 19.4. The highest BCUT2D eigenvalue weighted by molar-refractivity contribution is 6.00.